The fourth-order valence-electron chi connectivity index (χ4n) is 2.23. The lowest BCUT2D eigenvalue weighted by Crippen LogP contribution is -2.36. The molecule has 0 aromatic carbocycles. The van der Waals surface area contributed by atoms with Crippen molar-refractivity contribution in [3.8, 4) is 0 Å². The molecule has 1 aliphatic rings. The normalized spacial score (nSPS) is 24.9. The van der Waals surface area contributed by atoms with Gasteiger partial charge in [-0.2, -0.15) is 0 Å². The number of hydrogen-bond donors (Lipinski definition) is 1. The van der Waals surface area contributed by atoms with E-state index in [1.54, 1.807) is 0 Å². The third-order valence-corrected chi connectivity index (χ3v) is 3.71. The van der Waals surface area contributed by atoms with Crippen LogP contribution in [0.15, 0.2) is 0 Å². The largest absolute Gasteiger partial charge is 0.390 e. The Morgan fingerprint density at radius 1 is 1.46 bits per heavy atom. The van der Waals surface area contributed by atoms with Gasteiger partial charge in [0.2, 0.25) is 0 Å². The molecule has 0 spiro atoms. The predicted octanol–water partition coefficient (Wildman–Crippen LogP) is 3.36. The van der Waals surface area contributed by atoms with Crippen LogP contribution in [0.25, 0.3) is 0 Å². The first-order valence-electron chi connectivity index (χ1n) is 5.78. The Hall–Kier alpha value is -0.0400. The predicted molar refractivity (Wildman–Crippen MR) is 56.7 cm³/mol. The monoisotopic (exact) mass is 184 g/mol. The first kappa shape index (κ1) is 11.0. The van der Waals surface area contributed by atoms with Gasteiger partial charge in [0.05, 0.1) is 5.60 Å². The van der Waals surface area contributed by atoms with Crippen molar-refractivity contribution in [2.75, 3.05) is 0 Å². The van der Waals surface area contributed by atoms with Crippen LogP contribution in [0.2, 0.25) is 0 Å². The highest BCUT2D eigenvalue weighted by atomic mass is 16.3. The quantitative estimate of drug-likeness (QED) is 0.694. The average Bonchev–Trinajstić information content (AvgIpc) is 1.98. The summed E-state index contributed by atoms with van der Waals surface area (Å²) in [5.41, 5.74) is -0.416. The third-order valence-electron chi connectivity index (χ3n) is 3.71. The fraction of sp³-hybridized carbons (Fsp3) is 1.00. The van der Waals surface area contributed by atoms with E-state index in [1.807, 2.05) is 6.92 Å². The first-order valence-corrected chi connectivity index (χ1v) is 5.78. The van der Waals surface area contributed by atoms with E-state index in [2.05, 4.69) is 13.8 Å². The number of hydrogen-bond acceptors (Lipinski definition) is 1. The molecule has 0 aromatic rings. The highest BCUT2D eigenvalue weighted by molar-refractivity contribution is 4.84. The zero-order valence-corrected chi connectivity index (χ0v) is 9.34. The molecule has 0 aromatic heterocycles. The number of rotatable bonds is 5. The Morgan fingerprint density at radius 3 is 2.46 bits per heavy atom. The summed E-state index contributed by atoms with van der Waals surface area (Å²) in [6.07, 6.45) is 7.42. The smallest absolute Gasteiger partial charge is 0.0647 e. The van der Waals surface area contributed by atoms with E-state index in [4.69, 9.17) is 0 Å². The minimum absolute atomic E-state index is 0.416. The second-order valence-electron chi connectivity index (χ2n) is 5.05. The van der Waals surface area contributed by atoms with Gasteiger partial charge in [0.1, 0.15) is 0 Å². The number of aliphatic hydroxyl groups is 1. The average molecular weight is 184 g/mol. The van der Waals surface area contributed by atoms with Crippen molar-refractivity contribution in [1.29, 1.82) is 0 Å². The molecular formula is C12H24O. The van der Waals surface area contributed by atoms with Crippen molar-refractivity contribution in [3.05, 3.63) is 0 Å². The van der Waals surface area contributed by atoms with Crippen LogP contribution in [0.4, 0.5) is 0 Å². The summed E-state index contributed by atoms with van der Waals surface area (Å²) in [7, 11) is 0. The van der Waals surface area contributed by atoms with E-state index in [-0.39, 0.29) is 0 Å². The Morgan fingerprint density at radius 2 is 2.08 bits per heavy atom. The van der Waals surface area contributed by atoms with Gasteiger partial charge >= 0.3 is 0 Å². The fourth-order valence-corrected chi connectivity index (χ4v) is 2.23. The van der Waals surface area contributed by atoms with Gasteiger partial charge in [0.15, 0.2) is 0 Å². The summed E-state index contributed by atoms with van der Waals surface area (Å²) in [4.78, 5) is 0. The zero-order valence-electron chi connectivity index (χ0n) is 9.34. The molecule has 0 amide bonds. The van der Waals surface area contributed by atoms with E-state index in [9.17, 15) is 5.11 Å². The molecule has 2 unspecified atom stereocenters. The Balaban J connectivity index is 2.33. The summed E-state index contributed by atoms with van der Waals surface area (Å²) in [6.45, 7) is 6.39. The maximum Gasteiger partial charge on any atom is 0.0647 e. The molecule has 0 saturated heterocycles. The molecule has 1 rings (SSSR count). The lowest BCUT2D eigenvalue weighted by molar-refractivity contribution is -0.0288. The van der Waals surface area contributed by atoms with Crippen molar-refractivity contribution < 1.29 is 5.11 Å². The van der Waals surface area contributed by atoms with E-state index >= 15 is 0 Å². The standard InChI is InChI=1S/C12H24O/c1-4-6-10(2)12(3,13)9-11-7-5-8-11/h10-11,13H,4-9H2,1-3H3. The molecule has 13 heavy (non-hydrogen) atoms. The van der Waals surface area contributed by atoms with Gasteiger partial charge in [-0.3, -0.25) is 0 Å². The molecule has 1 aliphatic carbocycles. The Kier molecular flexibility index (Phi) is 3.78. The summed E-state index contributed by atoms with van der Waals surface area (Å²) in [5, 5.41) is 10.2. The van der Waals surface area contributed by atoms with Gasteiger partial charge in [-0.15, -0.1) is 0 Å². The first-order chi connectivity index (χ1) is 6.06. The van der Waals surface area contributed by atoms with Crippen molar-refractivity contribution in [2.45, 2.75) is 64.9 Å². The topological polar surface area (TPSA) is 20.2 Å². The summed E-state index contributed by atoms with van der Waals surface area (Å²) in [5.74, 6) is 1.27. The molecule has 0 bridgehead atoms. The molecule has 0 heterocycles. The molecule has 1 nitrogen and oxygen atoms in total. The van der Waals surface area contributed by atoms with Crippen molar-refractivity contribution in [2.24, 2.45) is 11.8 Å². The van der Waals surface area contributed by atoms with Crippen LogP contribution in [0, 0.1) is 11.8 Å². The second-order valence-corrected chi connectivity index (χ2v) is 5.05. The van der Waals surface area contributed by atoms with Gasteiger partial charge in [-0.05, 0) is 31.6 Å². The van der Waals surface area contributed by atoms with Crippen LogP contribution in [-0.4, -0.2) is 10.7 Å². The summed E-state index contributed by atoms with van der Waals surface area (Å²) in [6, 6.07) is 0. The Bertz CT molecular complexity index is 147. The van der Waals surface area contributed by atoms with Gasteiger partial charge in [0.25, 0.3) is 0 Å². The molecule has 1 saturated carbocycles. The van der Waals surface area contributed by atoms with Crippen LogP contribution in [0.1, 0.15) is 59.3 Å². The summed E-state index contributed by atoms with van der Waals surface area (Å²) < 4.78 is 0. The van der Waals surface area contributed by atoms with Crippen molar-refractivity contribution in [3.63, 3.8) is 0 Å². The minimum Gasteiger partial charge on any atom is -0.390 e. The van der Waals surface area contributed by atoms with Crippen LogP contribution < -0.4 is 0 Å². The van der Waals surface area contributed by atoms with Crippen LogP contribution in [0.3, 0.4) is 0 Å². The van der Waals surface area contributed by atoms with Gasteiger partial charge in [0, 0.05) is 0 Å². The molecule has 78 valence electrons. The lowest BCUT2D eigenvalue weighted by Gasteiger charge is -2.37. The molecule has 2 atom stereocenters. The molecular weight excluding hydrogens is 160 g/mol. The summed E-state index contributed by atoms with van der Waals surface area (Å²) >= 11 is 0. The molecule has 0 aliphatic heterocycles. The van der Waals surface area contributed by atoms with E-state index < -0.39 is 5.60 Å². The molecule has 1 fully saturated rings. The van der Waals surface area contributed by atoms with Crippen LogP contribution in [-0.2, 0) is 0 Å². The second kappa shape index (κ2) is 4.45. The lowest BCUT2D eigenvalue weighted by atomic mass is 9.73. The van der Waals surface area contributed by atoms with Gasteiger partial charge < -0.3 is 5.11 Å². The molecule has 1 heteroatoms. The van der Waals surface area contributed by atoms with Crippen molar-refractivity contribution in [1.82, 2.24) is 0 Å². The van der Waals surface area contributed by atoms with E-state index in [0.717, 1.165) is 18.8 Å². The maximum atomic E-state index is 10.2. The van der Waals surface area contributed by atoms with Crippen LogP contribution in [0.5, 0.6) is 0 Å². The highest BCUT2D eigenvalue weighted by Gasteiger charge is 2.32. The minimum atomic E-state index is -0.416. The van der Waals surface area contributed by atoms with Gasteiger partial charge in [-0.25, -0.2) is 0 Å². The Labute approximate surface area is 82.5 Å². The molecule has 0 radical (unpaired) electrons. The highest BCUT2D eigenvalue weighted by Crippen LogP contribution is 2.37. The van der Waals surface area contributed by atoms with Crippen LogP contribution >= 0.6 is 0 Å². The van der Waals surface area contributed by atoms with Crippen molar-refractivity contribution >= 4 is 0 Å². The maximum absolute atomic E-state index is 10.2. The molecule has 1 N–H and O–H groups in total. The SMILES string of the molecule is CCCC(C)C(C)(O)CC1CCC1. The third kappa shape index (κ3) is 2.98. The van der Waals surface area contributed by atoms with E-state index in [1.165, 1.54) is 25.7 Å². The van der Waals surface area contributed by atoms with Gasteiger partial charge in [-0.1, -0.05) is 39.5 Å². The van der Waals surface area contributed by atoms with E-state index in [0.29, 0.717) is 5.92 Å². The zero-order chi connectivity index (χ0) is 9.90.